The fourth-order valence-electron chi connectivity index (χ4n) is 3.40. The number of hydrogen-bond donors (Lipinski definition) is 1. The van der Waals surface area contributed by atoms with Crippen molar-refractivity contribution in [1.29, 1.82) is 0 Å². The Morgan fingerprint density at radius 2 is 2.00 bits per heavy atom. The summed E-state index contributed by atoms with van der Waals surface area (Å²) in [4.78, 5) is 35.2. The van der Waals surface area contributed by atoms with Crippen LogP contribution in [-0.4, -0.2) is 55.2 Å². The number of carboxylic acid groups (broad SMARTS) is 1. The molecule has 10 nitrogen and oxygen atoms in total. The highest BCUT2D eigenvalue weighted by Crippen LogP contribution is 2.31. The third-order valence-corrected chi connectivity index (χ3v) is 4.85. The average molecular weight is 432 g/mol. The second kappa shape index (κ2) is 8.07. The molecular weight excluding hydrogens is 413 g/mol. The monoisotopic (exact) mass is 432 g/mol. The quantitative estimate of drug-likeness (QED) is 0.675. The minimum absolute atomic E-state index is 0.248. The molecule has 2 aliphatic heterocycles. The molecule has 2 aromatic rings. The number of aromatic nitrogens is 3. The molecule has 1 atom stereocenters. The van der Waals surface area contributed by atoms with Gasteiger partial charge in [-0.2, -0.15) is 18.3 Å². The number of halogens is 3. The lowest BCUT2D eigenvalue weighted by Gasteiger charge is -2.35. The van der Waals surface area contributed by atoms with Crippen LogP contribution in [0.4, 0.5) is 13.2 Å². The largest absolute Gasteiger partial charge is 0.490 e. The topological polar surface area (TPSA) is 120 Å². The van der Waals surface area contributed by atoms with Gasteiger partial charge in [0.05, 0.1) is 19.4 Å². The molecule has 1 unspecified atom stereocenters. The molecule has 1 spiro atoms. The van der Waals surface area contributed by atoms with Crippen LogP contribution in [0.15, 0.2) is 32.4 Å². The van der Waals surface area contributed by atoms with Gasteiger partial charge >= 0.3 is 23.3 Å². The van der Waals surface area contributed by atoms with Gasteiger partial charge < -0.3 is 14.3 Å². The maximum Gasteiger partial charge on any atom is 0.490 e. The van der Waals surface area contributed by atoms with Gasteiger partial charge in [0.1, 0.15) is 18.0 Å². The smallest absolute Gasteiger partial charge is 0.475 e. The zero-order valence-electron chi connectivity index (χ0n) is 15.9. The van der Waals surface area contributed by atoms with Crippen LogP contribution in [0.1, 0.15) is 18.0 Å². The Kier molecular flexibility index (Phi) is 5.85. The van der Waals surface area contributed by atoms with Gasteiger partial charge in [-0.25, -0.2) is 9.48 Å². The van der Waals surface area contributed by atoms with Crippen LogP contribution in [0.5, 0.6) is 0 Å². The number of aryl methyl sites for hydroxylation is 1. The zero-order valence-corrected chi connectivity index (χ0v) is 15.9. The van der Waals surface area contributed by atoms with Crippen molar-refractivity contribution in [3.63, 3.8) is 0 Å². The number of likely N-dealkylation sites (tertiary alicyclic amines) is 1. The van der Waals surface area contributed by atoms with Crippen molar-refractivity contribution in [2.45, 2.75) is 37.9 Å². The summed E-state index contributed by atoms with van der Waals surface area (Å²) in [6, 6.07) is 3.82. The summed E-state index contributed by atoms with van der Waals surface area (Å²) in [5.41, 5.74) is -1.56. The fraction of sp³-hybridized carbons (Fsp3) is 0.529. The number of rotatable bonds is 2. The number of carboxylic acids is 1. The first-order valence-electron chi connectivity index (χ1n) is 8.87. The molecule has 2 aliphatic rings. The van der Waals surface area contributed by atoms with E-state index in [9.17, 15) is 22.8 Å². The minimum Gasteiger partial charge on any atom is -0.475 e. The number of carbonyl (C=O) groups is 1. The van der Waals surface area contributed by atoms with Crippen LogP contribution in [0, 0.1) is 0 Å². The van der Waals surface area contributed by atoms with Crippen LogP contribution in [0.25, 0.3) is 0 Å². The number of aliphatic carboxylic acids is 1. The molecule has 4 heterocycles. The lowest BCUT2D eigenvalue weighted by molar-refractivity contribution is -0.192. The number of ether oxygens (including phenoxy) is 1. The number of hydrogen-bond acceptors (Lipinski definition) is 7. The second-order valence-corrected chi connectivity index (χ2v) is 7.05. The molecule has 164 valence electrons. The Morgan fingerprint density at radius 1 is 1.30 bits per heavy atom. The van der Waals surface area contributed by atoms with Crippen molar-refractivity contribution < 1.29 is 32.2 Å². The Balaban J connectivity index is 0.000000318. The lowest BCUT2D eigenvalue weighted by atomic mass is 10.0. The van der Waals surface area contributed by atoms with Gasteiger partial charge in [-0.1, -0.05) is 0 Å². The Hall–Kier alpha value is -2.93. The highest BCUT2D eigenvalue weighted by Gasteiger charge is 2.43. The molecule has 1 N–H and O–H groups in total. The van der Waals surface area contributed by atoms with E-state index in [1.54, 1.807) is 6.26 Å². The van der Waals surface area contributed by atoms with E-state index in [4.69, 9.17) is 19.1 Å². The van der Waals surface area contributed by atoms with Gasteiger partial charge in [-0.05, 0) is 18.6 Å². The van der Waals surface area contributed by atoms with Crippen LogP contribution in [-0.2, 0) is 36.3 Å². The lowest BCUT2D eigenvalue weighted by Crippen LogP contribution is -2.52. The average Bonchev–Trinajstić information content (AvgIpc) is 3.31. The molecule has 0 bridgehead atoms. The highest BCUT2D eigenvalue weighted by molar-refractivity contribution is 5.73. The molecule has 13 heteroatoms. The predicted molar refractivity (Wildman–Crippen MR) is 93.6 cm³/mol. The van der Waals surface area contributed by atoms with Crippen LogP contribution < -0.4 is 11.1 Å². The van der Waals surface area contributed by atoms with Gasteiger partial charge in [0.15, 0.2) is 5.82 Å². The van der Waals surface area contributed by atoms with E-state index in [0.29, 0.717) is 25.5 Å². The Labute approximate surface area is 167 Å². The van der Waals surface area contributed by atoms with Gasteiger partial charge in [-0.15, -0.1) is 0 Å². The first-order valence-corrected chi connectivity index (χ1v) is 8.87. The highest BCUT2D eigenvalue weighted by atomic mass is 19.4. The summed E-state index contributed by atoms with van der Waals surface area (Å²) in [6.07, 6.45) is -2.61. The molecule has 1 saturated heterocycles. The first-order chi connectivity index (χ1) is 14.0. The van der Waals surface area contributed by atoms with Crippen molar-refractivity contribution in [2.75, 3.05) is 13.1 Å². The van der Waals surface area contributed by atoms with Crippen molar-refractivity contribution in [3.05, 3.63) is 50.7 Å². The number of alkyl halides is 3. The molecule has 0 saturated carbocycles. The molecule has 2 aromatic heterocycles. The summed E-state index contributed by atoms with van der Waals surface area (Å²) in [6.45, 7) is 2.91. The number of nitrogens with zero attached hydrogens (tertiary/aromatic N) is 4. The van der Waals surface area contributed by atoms with E-state index in [0.717, 1.165) is 23.4 Å². The zero-order chi connectivity index (χ0) is 22.1. The van der Waals surface area contributed by atoms with E-state index in [-0.39, 0.29) is 6.61 Å². The van der Waals surface area contributed by atoms with Crippen molar-refractivity contribution in [1.82, 2.24) is 19.2 Å². The second-order valence-electron chi connectivity index (χ2n) is 7.05. The number of fused-ring (bicyclic) bond motifs is 1. The summed E-state index contributed by atoms with van der Waals surface area (Å²) in [7, 11) is 1.48. The van der Waals surface area contributed by atoms with Gasteiger partial charge in [0.25, 0.3) is 0 Å². The van der Waals surface area contributed by atoms with E-state index in [2.05, 4.69) is 10.00 Å². The summed E-state index contributed by atoms with van der Waals surface area (Å²) in [5, 5.41) is 11.2. The van der Waals surface area contributed by atoms with Crippen LogP contribution >= 0.6 is 0 Å². The van der Waals surface area contributed by atoms with Crippen molar-refractivity contribution in [2.24, 2.45) is 7.05 Å². The number of furan rings is 1. The summed E-state index contributed by atoms with van der Waals surface area (Å²) < 4.78 is 45.7. The van der Waals surface area contributed by atoms with Crippen LogP contribution in [0.2, 0.25) is 0 Å². The van der Waals surface area contributed by atoms with E-state index in [1.807, 2.05) is 12.1 Å². The van der Waals surface area contributed by atoms with E-state index in [1.165, 1.54) is 11.6 Å². The Morgan fingerprint density at radius 3 is 2.60 bits per heavy atom. The molecule has 0 aliphatic carbocycles. The molecule has 0 aromatic carbocycles. The first kappa shape index (κ1) is 21.8. The van der Waals surface area contributed by atoms with Gasteiger partial charge in [-0.3, -0.25) is 19.1 Å². The molecule has 4 rings (SSSR count). The summed E-state index contributed by atoms with van der Waals surface area (Å²) >= 11 is 0. The van der Waals surface area contributed by atoms with Crippen molar-refractivity contribution >= 4 is 5.97 Å². The third kappa shape index (κ3) is 4.62. The van der Waals surface area contributed by atoms with Gasteiger partial charge in [0.2, 0.25) is 0 Å². The molecule has 1 fully saturated rings. The van der Waals surface area contributed by atoms with Crippen molar-refractivity contribution in [3.8, 4) is 0 Å². The predicted octanol–water partition coefficient (Wildman–Crippen LogP) is 0.343. The third-order valence-electron chi connectivity index (χ3n) is 4.85. The molecular formula is C17H19F3N4O6. The van der Waals surface area contributed by atoms with E-state index >= 15 is 0 Å². The fourth-order valence-corrected chi connectivity index (χ4v) is 3.40. The van der Waals surface area contributed by atoms with E-state index < -0.39 is 28.9 Å². The maximum absolute atomic E-state index is 12.2. The molecule has 0 amide bonds. The molecule has 0 radical (unpaired) electrons. The summed E-state index contributed by atoms with van der Waals surface area (Å²) in [5.74, 6) is -1.34. The SMILES string of the molecule is Cn1nc2n(c(=O)c1=O)CC1(CCN(Cc3ccco3)C1)OC2.O=C(O)C(F)(F)F. The molecule has 30 heavy (non-hydrogen) atoms. The normalized spacial score (nSPS) is 21.2. The standard InChI is InChI=1S/C15H18N4O4.C2HF3O2/c1-17-13(20)14(21)19-10-15(23-8-12(19)16-17)4-5-18(9-15)7-11-3-2-6-22-11;3-2(4,5)1(6)7/h2-3,6H,4-5,7-10H2,1H3;(H,6,7). The maximum atomic E-state index is 12.2. The van der Waals surface area contributed by atoms with Crippen LogP contribution in [0.3, 0.4) is 0 Å². The van der Waals surface area contributed by atoms with Gasteiger partial charge in [0, 0.05) is 20.1 Å². The minimum atomic E-state index is -5.08. The Bertz CT molecular complexity index is 1030.